The third-order valence-electron chi connectivity index (χ3n) is 3.26. The van der Waals surface area contributed by atoms with Crippen molar-refractivity contribution in [3.8, 4) is 0 Å². The first-order valence-corrected chi connectivity index (χ1v) is 7.20. The van der Waals surface area contributed by atoms with Crippen LogP contribution in [0.3, 0.4) is 0 Å². The minimum absolute atomic E-state index is 0.0993. The summed E-state index contributed by atoms with van der Waals surface area (Å²) < 4.78 is 0. The van der Waals surface area contributed by atoms with E-state index in [2.05, 4.69) is 42.7 Å². The number of hydrogen-bond donors (Lipinski definition) is 2. The van der Waals surface area contributed by atoms with Crippen LogP contribution in [0.25, 0.3) is 0 Å². The predicted octanol–water partition coefficient (Wildman–Crippen LogP) is 4.53. The van der Waals surface area contributed by atoms with E-state index in [1.807, 2.05) is 6.07 Å². The maximum Gasteiger partial charge on any atom is 0.221 e. The van der Waals surface area contributed by atoms with Crippen LogP contribution in [0.4, 0.5) is 11.4 Å². The third kappa shape index (κ3) is 4.23. The standard InChI is InChI=1S/C17H19ClN2O/c1-11-4-5-12(2)14(8-11)10-19-17-9-15(20-13(3)21)6-7-16(17)18/h4-9,19H,10H2,1-3H3,(H,20,21). The average molecular weight is 303 g/mol. The van der Waals surface area contributed by atoms with Crippen LogP contribution in [-0.4, -0.2) is 5.91 Å². The van der Waals surface area contributed by atoms with Crippen LogP contribution in [0.1, 0.15) is 23.6 Å². The minimum atomic E-state index is -0.0993. The van der Waals surface area contributed by atoms with Crippen molar-refractivity contribution in [2.24, 2.45) is 0 Å². The van der Waals surface area contributed by atoms with E-state index in [0.29, 0.717) is 11.6 Å². The highest BCUT2D eigenvalue weighted by Gasteiger charge is 2.05. The van der Waals surface area contributed by atoms with Gasteiger partial charge in [-0.3, -0.25) is 4.79 Å². The number of carbonyl (C=O) groups excluding carboxylic acids is 1. The van der Waals surface area contributed by atoms with Crippen molar-refractivity contribution < 1.29 is 4.79 Å². The minimum Gasteiger partial charge on any atom is -0.380 e. The number of halogens is 1. The second-order valence-electron chi connectivity index (χ2n) is 5.16. The molecule has 0 aromatic heterocycles. The number of benzene rings is 2. The smallest absolute Gasteiger partial charge is 0.221 e. The Morgan fingerprint density at radius 1 is 1.14 bits per heavy atom. The molecule has 0 saturated carbocycles. The van der Waals surface area contributed by atoms with Gasteiger partial charge in [0.15, 0.2) is 0 Å². The molecule has 2 rings (SSSR count). The molecule has 2 aromatic rings. The van der Waals surface area contributed by atoms with Gasteiger partial charge in [0.1, 0.15) is 0 Å². The fourth-order valence-electron chi connectivity index (χ4n) is 2.12. The number of amides is 1. The van der Waals surface area contributed by atoms with E-state index in [1.54, 1.807) is 12.1 Å². The van der Waals surface area contributed by atoms with E-state index in [0.717, 1.165) is 11.4 Å². The molecule has 3 nitrogen and oxygen atoms in total. The normalized spacial score (nSPS) is 10.3. The number of aryl methyl sites for hydroxylation is 2. The molecule has 0 spiro atoms. The van der Waals surface area contributed by atoms with Crippen LogP contribution in [0.2, 0.25) is 5.02 Å². The molecular formula is C17H19ClN2O. The van der Waals surface area contributed by atoms with Gasteiger partial charge in [-0.1, -0.05) is 35.4 Å². The van der Waals surface area contributed by atoms with Gasteiger partial charge in [-0.25, -0.2) is 0 Å². The Bertz CT molecular complexity index is 668. The SMILES string of the molecule is CC(=O)Nc1ccc(Cl)c(NCc2cc(C)ccc2C)c1. The van der Waals surface area contributed by atoms with Gasteiger partial charge in [-0.05, 0) is 43.2 Å². The predicted molar refractivity (Wildman–Crippen MR) is 89.0 cm³/mol. The first-order valence-electron chi connectivity index (χ1n) is 6.83. The van der Waals surface area contributed by atoms with Crippen molar-refractivity contribution in [3.63, 3.8) is 0 Å². The van der Waals surface area contributed by atoms with E-state index >= 15 is 0 Å². The van der Waals surface area contributed by atoms with Crippen LogP contribution in [0, 0.1) is 13.8 Å². The van der Waals surface area contributed by atoms with Gasteiger partial charge in [0.05, 0.1) is 10.7 Å². The second kappa shape index (κ2) is 6.64. The lowest BCUT2D eigenvalue weighted by Crippen LogP contribution is -2.07. The molecule has 0 bridgehead atoms. The summed E-state index contributed by atoms with van der Waals surface area (Å²) in [6, 6.07) is 11.8. The molecule has 0 aliphatic rings. The summed E-state index contributed by atoms with van der Waals surface area (Å²) in [6.45, 7) is 6.34. The molecule has 2 N–H and O–H groups in total. The Morgan fingerprint density at radius 3 is 2.62 bits per heavy atom. The third-order valence-corrected chi connectivity index (χ3v) is 3.59. The summed E-state index contributed by atoms with van der Waals surface area (Å²) in [6.07, 6.45) is 0. The van der Waals surface area contributed by atoms with Crippen LogP contribution in [0.15, 0.2) is 36.4 Å². The summed E-state index contributed by atoms with van der Waals surface area (Å²) in [5.41, 5.74) is 5.24. The number of rotatable bonds is 4. The number of nitrogens with one attached hydrogen (secondary N) is 2. The lowest BCUT2D eigenvalue weighted by molar-refractivity contribution is -0.114. The van der Waals surface area contributed by atoms with Crippen molar-refractivity contribution in [2.75, 3.05) is 10.6 Å². The van der Waals surface area contributed by atoms with E-state index in [-0.39, 0.29) is 5.91 Å². The van der Waals surface area contributed by atoms with Crippen LogP contribution < -0.4 is 10.6 Å². The molecular weight excluding hydrogens is 284 g/mol. The van der Waals surface area contributed by atoms with Crippen molar-refractivity contribution in [2.45, 2.75) is 27.3 Å². The topological polar surface area (TPSA) is 41.1 Å². The van der Waals surface area contributed by atoms with Gasteiger partial charge in [0.2, 0.25) is 5.91 Å². The summed E-state index contributed by atoms with van der Waals surface area (Å²) >= 11 is 6.19. The van der Waals surface area contributed by atoms with Crippen LogP contribution in [0.5, 0.6) is 0 Å². The molecule has 110 valence electrons. The molecule has 0 saturated heterocycles. The van der Waals surface area contributed by atoms with E-state index in [4.69, 9.17) is 11.6 Å². The van der Waals surface area contributed by atoms with Crippen LogP contribution >= 0.6 is 11.6 Å². The van der Waals surface area contributed by atoms with E-state index < -0.39 is 0 Å². The highest BCUT2D eigenvalue weighted by atomic mass is 35.5. The van der Waals surface area contributed by atoms with Crippen molar-refractivity contribution >= 4 is 28.9 Å². The number of carbonyl (C=O) groups is 1. The zero-order chi connectivity index (χ0) is 15.4. The maximum atomic E-state index is 11.1. The summed E-state index contributed by atoms with van der Waals surface area (Å²) in [5, 5.41) is 6.71. The summed E-state index contributed by atoms with van der Waals surface area (Å²) in [7, 11) is 0. The molecule has 0 aliphatic carbocycles. The van der Waals surface area contributed by atoms with Gasteiger partial charge < -0.3 is 10.6 Å². The fraction of sp³-hybridized carbons (Fsp3) is 0.235. The zero-order valence-corrected chi connectivity index (χ0v) is 13.2. The largest absolute Gasteiger partial charge is 0.380 e. The Kier molecular flexibility index (Phi) is 4.86. The Labute approximate surface area is 130 Å². The molecule has 0 aliphatic heterocycles. The van der Waals surface area contributed by atoms with Gasteiger partial charge in [-0.2, -0.15) is 0 Å². The molecule has 0 atom stereocenters. The van der Waals surface area contributed by atoms with Gasteiger partial charge in [-0.15, -0.1) is 0 Å². The Balaban J connectivity index is 2.15. The first-order chi connectivity index (χ1) is 9.95. The quantitative estimate of drug-likeness (QED) is 0.871. The molecule has 1 amide bonds. The Morgan fingerprint density at radius 2 is 1.90 bits per heavy atom. The number of hydrogen-bond acceptors (Lipinski definition) is 2. The molecule has 0 unspecified atom stereocenters. The van der Waals surface area contributed by atoms with E-state index in [1.165, 1.54) is 23.6 Å². The lowest BCUT2D eigenvalue weighted by Gasteiger charge is -2.13. The second-order valence-corrected chi connectivity index (χ2v) is 5.57. The lowest BCUT2D eigenvalue weighted by atomic mass is 10.1. The molecule has 4 heteroatoms. The molecule has 0 heterocycles. The van der Waals surface area contributed by atoms with Crippen molar-refractivity contribution in [1.82, 2.24) is 0 Å². The molecule has 0 radical (unpaired) electrons. The molecule has 0 fully saturated rings. The first kappa shape index (κ1) is 15.4. The zero-order valence-electron chi connectivity index (χ0n) is 12.5. The number of anilines is 2. The highest BCUT2D eigenvalue weighted by molar-refractivity contribution is 6.33. The molecule has 2 aromatic carbocycles. The van der Waals surface area contributed by atoms with Crippen LogP contribution in [-0.2, 0) is 11.3 Å². The van der Waals surface area contributed by atoms with Crippen molar-refractivity contribution in [1.29, 1.82) is 0 Å². The Hall–Kier alpha value is -2.00. The average Bonchev–Trinajstić information content (AvgIpc) is 2.42. The van der Waals surface area contributed by atoms with Crippen molar-refractivity contribution in [3.05, 3.63) is 58.1 Å². The molecule has 21 heavy (non-hydrogen) atoms. The monoisotopic (exact) mass is 302 g/mol. The summed E-state index contributed by atoms with van der Waals surface area (Å²) in [5.74, 6) is -0.0993. The van der Waals surface area contributed by atoms with E-state index in [9.17, 15) is 4.79 Å². The van der Waals surface area contributed by atoms with Gasteiger partial charge >= 0.3 is 0 Å². The highest BCUT2D eigenvalue weighted by Crippen LogP contribution is 2.26. The van der Waals surface area contributed by atoms with Gasteiger partial charge in [0, 0.05) is 19.2 Å². The maximum absolute atomic E-state index is 11.1. The van der Waals surface area contributed by atoms with Gasteiger partial charge in [0.25, 0.3) is 0 Å². The fourth-order valence-corrected chi connectivity index (χ4v) is 2.31. The summed E-state index contributed by atoms with van der Waals surface area (Å²) in [4.78, 5) is 11.1.